The standard InChI is InChI=1S/C12H15FO2S/c1-2-8-15-12(14)7-9-16-11-6-4-3-5-10(11)13/h3-6H,2,7-9H2,1H3. The summed E-state index contributed by atoms with van der Waals surface area (Å²) in [7, 11) is 0. The van der Waals surface area contributed by atoms with Crippen LogP contribution in [0, 0.1) is 5.82 Å². The summed E-state index contributed by atoms with van der Waals surface area (Å²) in [6.45, 7) is 2.41. The molecule has 4 heteroatoms. The molecule has 0 aliphatic heterocycles. The summed E-state index contributed by atoms with van der Waals surface area (Å²) in [5.74, 6) is 0.0869. The van der Waals surface area contributed by atoms with E-state index in [4.69, 9.17) is 4.74 Å². The first-order valence-electron chi connectivity index (χ1n) is 5.27. The molecule has 2 nitrogen and oxygen atoms in total. The van der Waals surface area contributed by atoms with Gasteiger partial charge in [-0.25, -0.2) is 4.39 Å². The molecule has 1 aromatic rings. The molecule has 1 rings (SSSR count). The third kappa shape index (κ3) is 4.66. The van der Waals surface area contributed by atoms with E-state index in [0.717, 1.165) is 6.42 Å². The normalized spacial score (nSPS) is 10.1. The Bertz CT molecular complexity index is 342. The second-order valence-electron chi connectivity index (χ2n) is 3.25. The van der Waals surface area contributed by atoms with E-state index in [2.05, 4.69) is 0 Å². The summed E-state index contributed by atoms with van der Waals surface area (Å²) in [6, 6.07) is 6.55. The van der Waals surface area contributed by atoms with Crippen molar-refractivity contribution in [1.82, 2.24) is 0 Å². The topological polar surface area (TPSA) is 26.3 Å². The van der Waals surface area contributed by atoms with Crippen molar-refractivity contribution in [2.24, 2.45) is 0 Å². The SMILES string of the molecule is CCCOC(=O)CCSc1ccccc1F. The zero-order valence-corrected chi connectivity index (χ0v) is 10.1. The monoisotopic (exact) mass is 242 g/mol. The van der Waals surface area contributed by atoms with Crippen LogP contribution >= 0.6 is 11.8 Å². The van der Waals surface area contributed by atoms with Crippen molar-refractivity contribution in [2.45, 2.75) is 24.7 Å². The second kappa shape index (κ2) is 7.28. The molecule has 88 valence electrons. The van der Waals surface area contributed by atoms with E-state index in [1.54, 1.807) is 18.2 Å². The summed E-state index contributed by atoms with van der Waals surface area (Å²) in [5, 5.41) is 0. The number of rotatable bonds is 6. The molecule has 0 atom stereocenters. The van der Waals surface area contributed by atoms with Crippen LogP contribution in [-0.2, 0) is 9.53 Å². The molecule has 0 bridgehead atoms. The number of carbonyl (C=O) groups excluding carboxylic acids is 1. The van der Waals surface area contributed by atoms with Crippen molar-refractivity contribution in [1.29, 1.82) is 0 Å². The smallest absolute Gasteiger partial charge is 0.306 e. The molecule has 0 saturated carbocycles. The zero-order valence-electron chi connectivity index (χ0n) is 9.24. The molecule has 0 aliphatic carbocycles. The van der Waals surface area contributed by atoms with E-state index in [9.17, 15) is 9.18 Å². The van der Waals surface area contributed by atoms with E-state index in [0.29, 0.717) is 23.7 Å². The highest BCUT2D eigenvalue weighted by Crippen LogP contribution is 2.21. The Morgan fingerprint density at radius 3 is 2.88 bits per heavy atom. The molecular formula is C12H15FO2S. The molecule has 0 radical (unpaired) electrons. The number of benzene rings is 1. The number of carbonyl (C=O) groups is 1. The molecule has 0 amide bonds. The fourth-order valence-corrected chi connectivity index (χ4v) is 1.96. The van der Waals surface area contributed by atoms with E-state index >= 15 is 0 Å². The minimum Gasteiger partial charge on any atom is -0.466 e. The molecule has 1 aromatic carbocycles. The average molecular weight is 242 g/mol. The minimum atomic E-state index is -0.241. The van der Waals surface area contributed by atoms with E-state index in [-0.39, 0.29) is 11.8 Å². The van der Waals surface area contributed by atoms with Crippen molar-refractivity contribution in [3.05, 3.63) is 30.1 Å². The van der Waals surface area contributed by atoms with Crippen LogP contribution in [0.4, 0.5) is 4.39 Å². The maximum absolute atomic E-state index is 13.2. The van der Waals surface area contributed by atoms with Crippen molar-refractivity contribution < 1.29 is 13.9 Å². The summed E-state index contributed by atoms with van der Waals surface area (Å²) in [6.07, 6.45) is 1.14. The van der Waals surface area contributed by atoms with Crippen molar-refractivity contribution in [2.75, 3.05) is 12.4 Å². The van der Waals surface area contributed by atoms with Gasteiger partial charge in [-0.2, -0.15) is 0 Å². The van der Waals surface area contributed by atoms with Gasteiger partial charge in [0, 0.05) is 10.6 Å². The lowest BCUT2D eigenvalue weighted by Crippen LogP contribution is -2.06. The van der Waals surface area contributed by atoms with Gasteiger partial charge in [0.1, 0.15) is 5.82 Å². The average Bonchev–Trinajstić information content (AvgIpc) is 2.29. The number of thioether (sulfide) groups is 1. The van der Waals surface area contributed by atoms with Crippen molar-refractivity contribution in [3.8, 4) is 0 Å². The van der Waals surface area contributed by atoms with Gasteiger partial charge in [-0.15, -0.1) is 11.8 Å². The van der Waals surface area contributed by atoms with Gasteiger partial charge in [-0.3, -0.25) is 4.79 Å². The van der Waals surface area contributed by atoms with Crippen LogP contribution in [0.3, 0.4) is 0 Å². The summed E-state index contributed by atoms with van der Waals surface area (Å²) >= 11 is 1.33. The maximum atomic E-state index is 13.2. The quantitative estimate of drug-likeness (QED) is 0.565. The van der Waals surface area contributed by atoms with E-state index in [1.807, 2.05) is 6.92 Å². The first-order chi connectivity index (χ1) is 7.74. The third-order valence-electron chi connectivity index (χ3n) is 1.87. The molecule has 0 heterocycles. The Morgan fingerprint density at radius 2 is 2.19 bits per heavy atom. The fourth-order valence-electron chi connectivity index (χ4n) is 1.09. The predicted molar refractivity (Wildman–Crippen MR) is 63.0 cm³/mol. The lowest BCUT2D eigenvalue weighted by atomic mass is 10.3. The Kier molecular flexibility index (Phi) is 5.93. The van der Waals surface area contributed by atoms with E-state index in [1.165, 1.54) is 17.8 Å². The Hall–Kier alpha value is -1.03. The highest BCUT2D eigenvalue weighted by atomic mass is 32.2. The maximum Gasteiger partial charge on any atom is 0.306 e. The first kappa shape index (κ1) is 13.0. The summed E-state index contributed by atoms with van der Waals surface area (Å²) in [4.78, 5) is 11.7. The fraction of sp³-hybridized carbons (Fsp3) is 0.417. The van der Waals surface area contributed by atoms with Gasteiger partial charge in [0.15, 0.2) is 0 Å². The van der Waals surface area contributed by atoms with Crippen LogP contribution in [0.2, 0.25) is 0 Å². The first-order valence-corrected chi connectivity index (χ1v) is 6.25. The van der Waals surface area contributed by atoms with Gasteiger partial charge < -0.3 is 4.74 Å². The van der Waals surface area contributed by atoms with Crippen LogP contribution < -0.4 is 0 Å². The molecular weight excluding hydrogens is 227 g/mol. The molecule has 0 unspecified atom stereocenters. The van der Waals surface area contributed by atoms with Crippen molar-refractivity contribution in [3.63, 3.8) is 0 Å². The van der Waals surface area contributed by atoms with Crippen molar-refractivity contribution >= 4 is 17.7 Å². The largest absolute Gasteiger partial charge is 0.466 e. The molecule has 0 aliphatic rings. The molecule has 16 heavy (non-hydrogen) atoms. The highest BCUT2D eigenvalue weighted by molar-refractivity contribution is 7.99. The van der Waals surface area contributed by atoms with Crippen LogP contribution in [0.15, 0.2) is 29.2 Å². The van der Waals surface area contributed by atoms with Crippen LogP contribution in [0.1, 0.15) is 19.8 Å². The Labute approximate surface area is 99.2 Å². The third-order valence-corrected chi connectivity index (χ3v) is 2.92. The molecule has 0 N–H and O–H groups in total. The predicted octanol–water partition coefficient (Wildman–Crippen LogP) is 3.26. The summed E-state index contributed by atoms with van der Waals surface area (Å²) < 4.78 is 18.1. The van der Waals surface area contributed by atoms with Gasteiger partial charge in [-0.1, -0.05) is 19.1 Å². The van der Waals surface area contributed by atoms with Crippen LogP contribution in [-0.4, -0.2) is 18.3 Å². The molecule has 0 saturated heterocycles. The van der Waals surface area contributed by atoms with Gasteiger partial charge in [0.2, 0.25) is 0 Å². The molecule has 0 fully saturated rings. The highest BCUT2D eigenvalue weighted by Gasteiger charge is 2.05. The van der Waals surface area contributed by atoms with Gasteiger partial charge in [0.05, 0.1) is 13.0 Å². The number of hydrogen-bond acceptors (Lipinski definition) is 3. The van der Waals surface area contributed by atoms with Gasteiger partial charge >= 0.3 is 5.97 Å². The number of ether oxygens (including phenoxy) is 1. The minimum absolute atomic E-state index is 0.217. The van der Waals surface area contributed by atoms with Gasteiger partial charge in [0.25, 0.3) is 0 Å². The van der Waals surface area contributed by atoms with Gasteiger partial charge in [-0.05, 0) is 18.6 Å². The summed E-state index contributed by atoms with van der Waals surface area (Å²) in [5.41, 5.74) is 0. The second-order valence-corrected chi connectivity index (χ2v) is 4.39. The number of esters is 1. The molecule has 0 aromatic heterocycles. The number of halogens is 1. The van der Waals surface area contributed by atoms with Crippen LogP contribution in [0.25, 0.3) is 0 Å². The number of hydrogen-bond donors (Lipinski definition) is 0. The molecule has 0 spiro atoms. The van der Waals surface area contributed by atoms with E-state index < -0.39 is 0 Å². The Balaban J connectivity index is 2.25. The lowest BCUT2D eigenvalue weighted by molar-refractivity contribution is -0.143. The zero-order chi connectivity index (χ0) is 11.8. The van der Waals surface area contributed by atoms with Crippen LogP contribution in [0.5, 0.6) is 0 Å². The lowest BCUT2D eigenvalue weighted by Gasteiger charge is -2.03. The Morgan fingerprint density at radius 1 is 1.44 bits per heavy atom.